The van der Waals surface area contributed by atoms with Crippen LogP contribution in [0.5, 0.6) is 0 Å². The number of rotatable bonds is 4. The van der Waals surface area contributed by atoms with Gasteiger partial charge in [0, 0.05) is 18.8 Å². The van der Waals surface area contributed by atoms with Crippen molar-refractivity contribution >= 4 is 5.91 Å². The number of carbonyl (C=O) groups excluding carboxylic acids is 1. The highest BCUT2D eigenvalue weighted by molar-refractivity contribution is 5.94. The van der Waals surface area contributed by atoms with Crippen molar-refractivity contribution in [2.45, 2.75) is 25.8 Å². The molecule has 1 saturated heterocycles. The van der Waals surface area contributed by atoms with Crippen LogP contribution in [0.1, 0.15) is 46.5 Å². The molecule has 0 aliphatic carbocycles. The summed E-state index contributed by atoms with van der Waals surface area (Å²) in [7, 11) is 0. The van der Waals surface area contributed by atoms with Crippen molar-refractivity contribution in [3.05, 3.63) is 47.1 Å². The normalized spacial score (nSPS) is 16.3. The van der Waals surface area contributed by atoms with E-state index in [1.165, 1.54) is 0 Å². The molecule has 1 aliphatic rings. The van der Waals surface area contributed by atoms with Gasteiger partial charge in [0.2, 0.25) is 5.89 Å². The van der Waals surface area contributed by atoms with Crippen LogP contribution in [0.4, 0.5) is 0 Å². The number of nitrogens with one attached hydrogen (secondary N) is 1. The third kappa shape index (κ3) is 3.60. The summed E-state index contributed by atoms with van der Waals surface area (Å²) in [6.45, 7) is 3.04. The molecule has 0 spiro atoms. The Morgan fingerprint density at radius 1 is 1.42 bits per heavy atom. The van der Waals surface area contributed by atoms with Gasteiger partial charge in [-0.2, -0.15) is 10.2 Å². The topological polar surface area (TPSA) is 101 Å². The summed E-state index contributed by atoms with van der Waals surface area (Å²) in [5, 5.41) is 15.8. The first-order valence-corrected chi connectivity index (χ1v) is 7.86. The molecule has 7 heteroatoms. The molecule has 7 nitrogen and oxygen atoms in total. The first-order chi connectivity index (χ1) is 11.7. The smallest absolute Gasteiger partial charge is 0.251 e. The second-order valence-corrected chi connectivity index (χ2v) is 5.77. The van der Waals surface area contributed by atoms with Gasteiger partial charge in [0.1, 0.15) is 6.04 Å². The van der Waals surface area contributed by atoms with Crippen molar-refractivity contribution < 1.29 is 14.1 Å². The zero-order valence-corrected chi connectivity index (χ0v) is 13.4. The van der Waals surface area contributed by atoms with E-state index in [0.29, 0.717) is 36.1 Å². The Balaban J connectivity index is 1.82. The Morgan fingerprint density at radius 2 is 2.21 bits per heavy atom. The maximum Gasteiger partial charge on any atom is 0.251 e. The third-order valence-electron chi connectivity index (χ3n) is 4.09. The lowest BCUT2D eigenvalue weighted by atomic mass is 9.91. The molecule has 1 aromatic heterocycles. The SMILES string of the molecule is Cc1noc([C@@H](NC(=O)c2cccc(C#N)c2)C2CCOCC2)n1. The molecule has 1 aromatic carbocycles. The molecule has 0 unspecified atom stereocenters. The van der Waals surface area contributed by atoms with Crippen LogP contribution in [0, 0.1) is 24.2 Å². The molecule has 2 heterocycles. The number of benzene rings is 1. The van der Waals surface area contributed by atoms with Crippen LogP contribution in [0.3, 0.4) is 0 Å². The van der Waals surface area contributed by atoms with Gasteiger partial charge in [-0.15, -0.1) is 0 Å². The van der Waals surface area contributed by atoms with Crippen molar-refractivity contribution in [3.63, 3.8) is 0 Å². The standard InChI is InChI=1S/C17H18N4O3/c1-11-19-17(24-21-11)15(13-5-7-23-8-6-13)20-16(22)14-4-2-3-12(9-14)10-18/h2-4,9,13,15H,5-8H2,1H3,(H,20,22)/t15-/m0/s1. The highest BCUT2D eigenvalue weighted by Gasteiger charge is 2.31. The molecule has 1 atom stereocenters. The average Bonchev–Trinajstić information content (AvgIpc) is 3.06. The fraction of sp³-hybridized carbons (Fsp3) is 0.412. The summed E-state index contributed by atoms with van der Waals surface area (Å²) in [6.07, 6.45) is 1.62. The molecular weight excluding hydrogens is 308 g/mol. The van der Waals surface area contributed by atoms with Gasteiger partial charge >= 0.3 is 0 Å². The molecule has 1 fully saturated rings. The monoisotopic (exact) mass is 326 g/mol. The maximum absolute atomic E-state index is 12.6. The van der Waals surface area contributed by atoms with Crippen molar-refractivity contribution in [3.8, 4) is 6.07 Å². The number of hydrogen-bond acceptors (Lipinski definition) is 6. The number of aryl methyl sites for hydroxylation is 1. The molecule has 1 amide bonds. The van der Waals surface area contributed by atoms with E-state index < -0.39 is 0 Å². The minimum atomic E-state index is -0.367. The molecule has 24 heavy (non-hydrogen) atoms. The van der Waals surface area contributed by atoms with Crippen molar-refractivity contribution in [1.82, 2.24) is 15.5 Å². The predicted octanol–water partition coefficient (Wildman–Crippen LogP) is 2.15. The second-order valence-electron chi connectivity index (χ2n) is 5.77. The number of nitrogens with zero attached hydrogens (tertiary/aromatic N) is 3. The van der Waals surface area contributed by atoms with Gasteiger partial charge < -0.3 is 14.6 Å². The maximum atomic E-state index is 12.6. The van der Waals surface area contributed by atoms with Crippen LogP contribution in [0.25, 0.3) is 0 Å². The summed E-state index contributed by atoms with van der Waals surface area (Å²) in [5.74, 6) is 0.841. The molecule has 1 N–H and O–H groups in total. The molecule has 0 saturated carbocycles. The summed E-state index contributed by atoms with van der Waals surface area (Å²) in [4.78, 5) is 16.9. The highest BCUT2D eigenvalue weighted by atomic mass is 16.5. The van der Waals surface area contributed by atoms with Gasteiger partial charge in [-0.05, 0) is 43.9 Å². The first kappa shape index (κ1) is 16.1. The summed E-state index contributed by atoms with van der Waals surface area (Å²) < 4.78 is 10.7. The van der Waals surface area contributed by atoms with Crippen LogP contribution >= 0.6 is 0 Å². The predicted molar refractivity (Wildman–Crippen MR) is 83.9 cm³/mol. The van der Waals surface area contributed by atoms with E-state index in [9.17, 15) is 4.79 Å². The largest absolute Gasteiger partial charge is 0.381 e. The van der Waals surface area contributed by atoms with E-state index in [0.717, 1.165) is 12.8 Å². The Labute approximate surface area is 139 Å². The quantitative estimate of drug-likeness (QED) is 0.924. The minimum Gasteiger partial charge on any atom is -0.381 e. The number of hydrogen-bond donors (Lipinski definition) is 1. The fourth-order valence-corrected chi connectivity index (χ4v) is 2.82. The lowest BCUT2D eigenvalue weighted by Crippen LogP contribution is -2.36. The summed E-state index contributed by atoms with van der Waals surface area (Å²) in [6, 6.07) is 8.26. The lowest BCUT2D eigenvalue weighted by Gasteiger charge is -2.28. The summed E-state index contributed by atoms with van der Waals surface area (Å²) in [5.41, 5.74) is 0.876. The Hall–Kier alpha value is -2.72. The lowest BCUT2D eigenvalue weighted by molar-refractivity contribution is 0.0468. The number of nitriles is 1. The minimum absolute atomic E-state index is 0.168. The van der Waals surface area contributed by atoms with Crippen molar-refractivity contribution in [2.24, 2.45) is 5.92 Å². The van der Waals surface area contributed by atoms with E-state index in [1.807, 2.05) is 6.07 Å². The molecule has 124 valence electrons. The molecule has 0 radical (unpaired) electrons. The second kappa shape index (κ2) is 7.23. The van der Waals surface area contributed by atoms with E-state index in [4.69, 9.17) is 14.5 Å². The zero-order chi connectivity index (χ0) is 16.9. The molecule has 2 aromatic rings. The van der Waals surface area contributed by atoms with Gasteiger partial charge in [0.25, 0.3) is 5.91 Å². The van der Waals surface area contributed by atoms with E-state index in [2.05, 4.69) is 15.5 Å². The van der Waals surface area contributed by atoms with Gasteiger partial charge in [0.05, 0.1) is 11.6 Å². The molecule has 1 aliphatic heterocycles. The van der Waals surface area contributed by atoms with Crippen molar-refractivity contribution in [1.29, 1.82) is 5.26 Å². The number of carbonyl (C=O) groups is 1. The van der Waals surface area contributed by atoms with Gasteiger partial charge in [0.15, 0.2) is 5.82 Å². The fourth-order valence-electron chi connectivity index (χ4n) is 2.82. The third-order valence-corrected chi connectivity index (χ3v) is 4.09. The van der Waals surface area contributed by atoms with Crippen LogP contribution in [-0.4, -0.2) is 29.3 Å². The number of amides is 1. The zero-order valence-electron chi connectivity index (χ0n) is 13.4. The number of aromatic nitrogens is 2. The average molecular weight is 326 g/mol. The summed E-state index contributed by atoms with van der Waals surface area (Å²) >= 11 is 0. The van der Waals surface area contributed by atoms with Gasteiger partial charge in [-0.25, -0.2) is 0 Å². The van der Waals surface area contributed by atoms with Gasteiger partial charge in [-0.3, -0.25) is 4.79 Å². The molecule has 3 rings (SSSR count). The molecular formula is C17H18N4O3. The van der Waals surface area contributed by atoms with E-state index in [1.54, 1.807) is 31.2 Å². The van der Waals surface area contributed by atoms with E-state index in [-0.39, 0.29) is 17.9 Å². The van der Waals surface area contributed by atoms with Crippen LogP contribution < -0.4 is 5.32 Å². The van der Waals surface area contributed by atoms with Crippen molar-refractivity contribution in [2.75, 3.05) is 13.2 Å². The molecule has 0 bridgehead atoms. The van der Waals surface area contributed by atoms with Gasteiger partial charge in [-0.1, -0.05) is 11.2 Å². The highest BCUT2D eigenvalue weighted by Crippen LogP contribution is 2.29. The van der Waals surface area contributed by atoms with Crippen LogP contribution in [0.15, 0.2) is 28.8 Å². The van der Waals surface area contributed by atoms with E-state index >= 15 is 0 Å². The van der Waals surface area contributed by atoms with Crippen LogP contribution in [-0.2, 0) is 4.74 Å². The Bertz CT molecular complexity index is 759. The Kier molecular flexibility index (Phi) is 4.87. The first-order valence-electron chi connectivity index (χ1n) is 7.86. The number of ether oxygens (including phenoxy) is 1. The Morgan fingerprint density at radius 3 is 2.88 bits per heavy atom. The van der Waals surface area contributed by atoms with Crippen LogP contribution in [0.2, 0.25) is 0 Å².